The zero-order chi connectivity index (χ0) is 19.5. The van der Waals surface area contributed by atoms with Crippen LogP contribution in [0.4, 0.5) is 8.78 Å². The van der Waals surface area contributed by atoms with E-state index in [0.717, 1.165) is 25.0 Å². The van der Waals surface area contributed by atoms with Gasteiger partial charge in [-0.15, -0.1) is 10.2 Å². The van der Waals surface area contributed by atoms with Crippen LogP contribution in [0.3, 0.4) is 0 Å². The molecule has 1 aliphatic heterocycles. The van der Waals surface area contributed by atoms with Gasteiger partial charge < -0.3 is 4.74 Å². The van der Waals surface area contributed by atoms with Crippen molar-refractivity contribution in [2.24, 2.45) is 0 Å². The molecule has 8 heteroatoms. The van der Waals surface area contributed by atoms with E-state index >= 15 is 0 Å². The summed E-state index contributed by atoms with van der Waals surface area (Å²) in [6.45, 7) is 1.33. The number of thioether (sulfide) groups is 1. The first-order chi connectivity index (χ1) is 13.6. The first-order valence-corrected chi connectivity index (χ1v) is 10.3. The number of benzene rings is 2. The van der Waals surface area contributed by atoms with Gasteiger partial charge in [-0.25, -0.2) is 8.78 Å². The molecule has 4 rings (SSSR count). The van der Waals surface area contributed by atoms with Crippen LogP contribution >= 0.6 is 23.4 Å². The lowest BCUT2D eigenvalue weighted by molar-refractivity contribution is 0.0953. The number of halogens is 3. The summed E-state index contributed by atoms with van der Waals surface area (Å²) in [5, 5.41) is 9.63. The van der Waals surface area contributed by atoms with Gasteiger partial charge in [-0.1, -0.05) is 29.4 Å². The molecule has 1 atom stereocenters. The van der Waals surface area contributed by atoms with Crippen LogP contribution in [0.25, 0.3) is 11.4 Å². The summed E-state index contributed by atoms with van der Waals surface area (Å²) in [7, 11) is 0. The van der Waals surface area contributed by atoms with E-state index < -0.39 is 0 Å². The second kappa shape index (κ2) is 8.59. The van der Waals surface area contributed by atoms with Gasteiger partial charge in [-0.05, 0) is 49.2 Å². The molecule has 0 N–H and O–H groups in total. The minimum absolute atomic E-state index is 0.0756. The third-order valence-electron chi connectivity index (χ3n) is 4.64. The number of rotatable bonds is 6. The predicted octanol–water partition coefficient (Wildman–Crippen LogP) is 5.35. The molecule has 0 saturated carbocycles. The van der Waals surface area contributed by atoms with Crippen molar-refractivity contribution in [1.29, 1.82) is 0 Å². The first-order valence-electron chi connectivity index (χ1n) is 8.98. The van der Waals surface area contributed by atoms with Gasteiger partial charge in [-0.2, -0.15) is 0 Å². The molecule has 146 valence electrons. The molecule has 28 heavy (non-hydrogen) atoms. The maximum atomic E-state index is 14.1. The second-order valence-corrected chi connectivity index (χ2v) is 7.90. The highest BCUT2D eigenvalue weighted by Crippen LogP contribution is 2.31. The number of nitrogens with zero attached hydrogens (tertiary/aromatic N) is 3. The fourth-order valence-corrected chi connectivity index (χ4v) is 4.46. The molecule has 1 fully saturated rings. The van der Waals surface area contributed by atoms with Crippen molar-refractivity contribution in [3.8, 4) is 11.4 Å². The molecular weight excluding hydrogens is 404 g/mol. The molecule has 1 saturated heterocycles. The smallest absolute Gasteiger partial charge is 0.191 e. The molecule has 0 bridgehead atoms. The predicted molar refractivity (Wildman–Crippen MR) is 105 cm³/mol. The second-order valence-electron chi connectivity index (χ2n) is 6.55. The Bertz CT molecular complexity index is 938. The molecule has 0 spiro atoms. The van der Waals surface area contributed by atoms with E-state index in [4.69, 9.17) is 16.3 Å². The van der Waals surface area contributed by atoms with Crippen molar-refractivity contribution < 1.29 is 13.5 Å². The highest BCUT2D eigenvalue weighted by atomic mass is 35.5. The highest BCUT2D eigenvalue weighted by Gasteiger charge is 2.22. The van der Waals surface area contributed by atoms with Crippen molar-refractivity contribution in [2.75, 3.05) is 6.61 Å². The van der Waals surface area contributed by atoms with E-state index in [1.165, 1.54) is 30.0 Å². The van der Waals surface area contributed by atoms with Crippen molar-refractivity contribution in [3.05, 3.63) is 64.7 Å². The van der Waals surface area contributed by atoms with Gasteiger partial charge in [0.05, 0.1) is 12.6 Å². The highest BCUT2D eigenvalue weighted by molar-refractivity contribution is 7.98. The van der Waals surface area contributed by atoms with E-state index in [9.17, 15) is 8.78 Å². The average molecular weight is 422 g/mol. The van der Waals surface area contributed by atoms with Crippen molar-refractivity contribution in [3.63, 3.8) is 0 Å². The van der Waals surface area contributed by atoms with Crippen LogP contribution in [-0.2, 0) is 17.0 Å². The average Bonchev–Trinajstić information content (AvgIpc) is 3.33. The number of hydrogen-bond acceptors (Lipinski definition) is 4. The maximum absolute atomic E-state index is 14.1. The molecule has 0 unspecified atom stereocenters. The normalized spacial score (nSPS) is 16.6. The van der Waals surface area contributed by atoms with Crippen LogP contribution < -0.4 is 0 Å². The minimum Gasteiger partial charge on any atom is -0.376 e. The summed E-state index contributed by atoms with van der Waals surface area (Å²) < 4.78 is 35.1. The zero-order valence-corrected chi connectivity index (χ0v) is 16.5. The fraction of sp³-hybridized carbons (Fsp3) is 0.300. The number of aromatic nitrogens is 3. The van der Waals surface area contributed by atoms with Gasteiger partial charge in [-0.3, -0.25) is 4.57 Å². The molecule has 0 radical (unpaired) electrons. The summed E-state index contributed by atoms with van der Waals surface area (Å²) in [5.41, 5.74) is 1.20. The Hall–Kier alpha value is -1.96. The Balaban J connectivity index is 1.63. The summed E-state index contributed by atoms with van der Waals surface area (Å²) >= 11 is 7.50. The Morgan fingerprint density at radius 3 is 2.68 bits per heavy atom. The molecule has 2 aromatic carbocycles. The van der Waals surface area contributed by atoms with Crippen LogP contribution in [0.5, 0.6) is 0 Å². The van der Waals surface area contributed by atoms with Gasteiger partial charge in [0.2, 0.25) is 0 Å². The van der Waals surface area contributed by atoms with Crippen LogP contribution in [0, 0.1) is 11.6 Å². The number of hydrogen-bond donors (Lipinski definition) is 0. The Labute approximate surface area is 170 Å². The van der Waals surface area contributed by atoms with E-state index in [2.05, 4.69) is 10.2 Å². The molecule has 3 aromatic rings. The summed E-state index contributed by atoms with van der Waals surface area (Å²) in [6.07, 6.45) is 2.06. The first kappa shape index (κ1) is 19.4. The molecule has 0 amide bonds. The van der Waals surface area contributed by atoms with Crippen LogP contribution in [0.1, 0.15) is 18.4 Å². The van der Waals surface area contributed by atoms with Crippen molar-refractivity contribution in [2.45, 2.75) is 36.4 Å². The molecule has 1 aliphatic rings. The molecule has 4 nitrogen and oxygen atoms in total. The molecular formula is C20H18ClF2N3OS. The molecule has 2 heterocycles. The topological polar surface area (TPSA) is 39.9 Å². The quantitative estimate of drug-likeness (QED) is 0.503. The largest absolute Gasteiger partial charge is 0.376 e. The zero-order valence-electron chi connectivity index (χ0n) is 14.9. The SMILES string of the molecule is Fc1ccc(-c2nnc(SCc3c(F)cccc3Cl)n2C[C@H]2CCCO2)cc1. The maximum Gasteiger partial charge on any atom is 0.191 e. The Morgan fingerprint density at radius 1 is 1.14 bits per heavy atom. The van der Waals surface area contributed by atoms with Crippen molar-refractivity contribution >= 4 is 23.4 Å². The summed E-state index contributed by atoms with van der Waals surface area (Å²) in [6, 6.07) is 10.8. The van der Waals surface area contributed by atoms with E-state index in [0.29, 0.717) is 33.9 Å². The monoisotopic (exact) mass is 421 g/mol. The van der Waals surface area contributed by atoms with Gasteiger partial charge in [0, 0.05) is 28.5 Å². The third kappa shape index (κ3) is 4.21. The van der Waals surface area contributed by atoms with Gasteiger partial charge in [0.25, 0.3) is 0 Å². The lowest BCUT2D eigenvalue weighted by atomic mass is 10.2. The van der Waals surface area contributed by atoms with Gasteiger partial charge in [0.15, 0.2) is 11.0 Å². The van der Waals surface area contributed by atoms with E-state index in [1.807, 2.05) is 4.57 Å². The summed E-state index contributed by atoms with van der Waals surface area (Å²) in [4.78, 5) is 0. The standard InChI is InChI=1S/C20H18ClF2N3OS/c21-17-4-1-5-18(23)16(17)12-28-20-25-24-19(13-6-8-14(22)9-7-13)26(20)11-15-3-2-10-27-15/h1,4-9,15H,2-3,10-12H2/t15-/m1/s1. The minimum atomic E-state index is -0.344. The van der Waals surface area contributed by atoms with Crippen LogP contribution in [0.15, 0.2) is 47.6 Å². The molecule has 1 aromatic heterocycles. The van der Waals surface area contributed by atoms with E-state index in [-0.39, 0.29) is 17.7 Å². The van der Waals surface area contributed by atoms with Gasteiger partial charge in [0.1, 0.15) is 11.6 Å². The molecule has 0 aliphatic carbocycles. The van der Waals surface area contributed by atoms with Crippen LogP contribution in [0.2, 0.25) is 5.02 Å². The Morgan fingerprint density at radius 2 is 1.96 bits per heavy atom. The van der Waals surface area contributed by atoms with E-state index in [1.54, 1.807) is 24.3 Å². The van der Waals surface area contributed by atoms with Crippen molar-refractivity contribution in [1.82, 2.24) is 14.8 Å². The lowest BCUT2D eigenvalue weighted by Crippen LogP contribution is -2.16. The fourth-order valence-electron chi connectivity index (χ4n) is 3.17. The van der Waals surface area contributed by atoms with Crippen LogP contribution in [-0.4, -0.2) is 27.5 Å². The lowest BCUT2D eigenvalue weighted by Gasteiger charge is -2.15. The Kier molecular flexibility index (Phi) is 5.94. The van der Waals surface area contributed by atoms with Gasteiger partial charge >= 0.3 is 0 Å². The number of ether oxygens (including phenoxy) is 1. The summed E-state index contributed by atoms with van der Waals surface area (Å²) in [5.74, 6) is 0.317. The third-order valence-corrected chi connectivity index (χ3v) is 5.98.